The molecule has 0 fully saturated rings. The van der Waals surface area contributed by atoms with E-state index < -0.39 is 6.55 Å². The molecular weight excluding hydrogens is 268 g/mol. The molecule has 2 N–H and O–H groups in total. The molecule has 8 heteroatoms. The number of alkyl halides is 2. The summed E-state index contributed by atoms with van der Waals surface area (Å²) in [4.78, 5) is 11.8. The number of hydrogen-bond donors (Lipinski definition) is 2. The number of amides is 1. The molecule has 0 aliphatic rings. The lowest BCUT2D eigenvalue weighted by atomic mass is 10.1. The van der Waals surface area contributed by atoms with E-state index in [9.17, 15) is 13.6 Å². The van der Waals surface area contributed by atoms with Gasteiger partial charge in [-0.15, -0.1) is 0 Å². The van der Waals surface area contributed by atoms with Gasteiger partial charge < -0.3 is 5.32 Å². The summed E-state index contributed by atoms with van der Waals surface area (Å²) in [6.45, 7) is 0.767. The highest BCUT2D eigenvalue weighted by Gasteiger charge is 2.19. The topological polar surface area (TPSA) is 75.6 Å². The fourth-order valence-corrected chi connectivity index (χ4v) is 1.94. The van der Waals surface area contributed by atoms with Crippen LogP contribution in [0.5, 0.6) is 0 Å². The molecule has 0 aliphatic heterocycles. The molecule has 2 aromatic rings. The van der Waals surface area contributed by atoms with Gasteiger partial charge in [0.25, 0.3) is 0 Å². The van der Waals surface area contributed by atoms with Crippen LogP contribution in [0.4, 0.5) is 8.78 Å². The lowest BCUT2D eigenvalue weighted by Gasteiger charge is -2.05. The second kappa shape index (κ2) is 5.81. The van der Waals surface area contributed by atoms with Crippen molar-refractivity contribution in [2.45, 2.75) is 33.4 Å². The van der Waals surface area contributed by atoms with Crippen molar-refractivity contribution >= 4 is 5.91 Å². The van der Waals surface area contributed by atoms with E-state index in [0.717, 1.165) is 5.69 Å². The first kappa shape index (κ1) is 14.2. The van der Waals surface area contributed by atoms with Crippen LogP contribution in [-0.4, -0.2) is 25.9 Å². The maximum absolute atomic E-state index is 12.7. The van der Waals surface area contributed by atoms with Crippen LogP contribution < -0.4 is 5.32 Å². The summed E-state index contributed by atoms with van der Waals surface area (Å²) in [6.07, 6.45) is 1.61. The molecule has 0 unspecified atom stereocenters. The molecule has 0 aromatic carbocycles. The number of halogens is 2. The Balaban J connectivity index is 2.01. The van der Waals surface area contributed by atoms with E-state index >= 15 is 0 Å². The van der Waals surface area contributed by atoms with Crippen molar-refractivity contribution in [3.63, 3.8) is 0 Å². The zero-order valence-corrected chi connectivity index (χ0v) is 11.2. The van der Waals surface area contributed by atoms with E-state index in [-0.39, 0.29) is 12.3 Å². The zero-order chi connectivity index (χ0) is 14.7. The molecule has 1 amide bonds. The Morgan fingerprint density at radius 3 is 2.80 bits per heavy atom. The van der Waals surface area contributed by atoms with Crippen molar-refractivity contribution in [1.82, 2.24) is 25.3 Å². The van der Waals surface area contributed by atoms with Crippen molar-refractivity contribution in [2.75, 3.05) is 0 Å². The van der Waals surface area contributed by atoms with Crippen molar-refractivity contribution in [1.29, 1.82) is 0 Å². The molecule has 2 rings (SSSR count). The van der Waals surface area contributed by atoms with Crippen LogP contribution in [0, 0.1) is 13.8 Å². The van der Waals surface area contributed by atoms with Gasteiger partial charge in [0.05, 0.1) is 24.4 Å². The number of rotatable bonds is 5. The van der Waals surface area contributed by atoms with Gasteiger partial charge in [-0.25, -0.2) is 4.68 Å². The smallest absolute Gasteiger partial charge is 0.333 e. The summed E-state index contributed by atoms with van der Waals surface area (Å²) in [7, 11) is 0. The van der Waals surface area contributed by atoms with E-state index in [0.29, 0.717) is 28.2 Å². The number of carbonyl (C=O) groups is 1. The summed E-state index contributed by atoms with van der Waals surface area (Å²) in [5.41, 5.74) is 2.07. The Labute approximate surface area is 114 Å². The quantitative estimate of drug-likeness (QED) is 0.872. The molecule has 0 spiro atoms. The van der Waals surface area contributed by atoms with E-state index in [4.69, 9.17) is 0 Å². The second-order valence-electron chi connectivity index (χ2n) is 4.41. The molecule has 0 bridgehead atoms. The first-order valence-corrected chi connectivity index (χ1v) is 6.06. The third kappa shape index (κ3) is 3.01. The minimum absolute atomic E-state index is 0.0263. The van der Waals surface area contributed by atoms with Crippen molar-refractivity contribution in [3.8, 4) is 0 Å². The number of aromatic nitrogens is 4. The van der Waals surface area contributed by atoms with Gasteiger partial charge in [-0.3, -0.25) is 9.89 Å². The summed E-state index contributed by atoms with van der Waals surface area (Å²) >= 11 is 0. The van der Waals surface area contributed by atoms with Crippen LogP contribution in [0.1, 0.15) is 29.2 Å². The number of aryl methyl sites for hydroxylation is 1. The van der Waals surface area contributed by atoms with Gasteiger partial charge >= 0.3 is 6.55 Å². The molecule has 2 heterocycles. The average molecular weight is 283 g/mol. The third-order valence-electron chi connectivity index (χ3n) is 3.03. The van der Waals surface area contributed by atoms with Gasteiger partial charge in [0.15, 0.2) is 0 Å². The van der Waals surface area contributed by atoms with Crippen LogP contribution in [0.3, 0.4) is 0 Å². The van der Waals surface area contributed by atoms with Gasteiger partial charge in [0.1, 0.15) is 0 Å². The fraction of sp³-hybridized carbons (Fsp3) is 0.417. The Morgan fingerprint density at radius 2 is 2.25 bits per heavy atom. The molecule has 6 nitrogen and oxygen atoms in total. The Bertz CT molecular complexity index is 591. The Hall–Kier alpha value is -2.25. The van der Waals surface area contributed by atoms with E-state index in [1.54, 1.807) is 19.2 Å². The number of nitrogens with one attached hydrogen (secondary N) is 2. The molecule has 108 valence electrons. The minimum Gasteiger partial charge on any atom is -0.350 e. The van der Waals surface area contributed by atoms with Crippen molar-refractivity contribution in [3.05, 3.63) is 34.9 Å². The van der Waals surface area contributed by atoms with Crippen molar-refractivity contribution in [2.24, 2.45) is 0 Å². The summed E-state index contributed by atoms with van der Waals surface area (Å²) in [5.74, 6) is -0.250. The largest absolute Gasteiger partial charge is 0.350 e. The highest BCUT2D eigenvalue weighted by molar-refractivity contribution is 5.79. The van der Waals surface area contributed by atoms with Gasteiger partial charge in [-0.2, -0.15) is 19.0 Å². The highest BCUT2D eigenvalue weighted by atomic mass is 19.3. The predicted molar refractivity (Wildman–Crippen MR) is 67.1 cm³/mol. The third-order valence-corrected chi connectivity index (χ3v) is 3.03. The van der Waals surface area contributed by atoms with Gasteiger partial charge in [-0.05, 0) is 19.9 Å². The first-order valence-electron chi connectivity index (χ1n) is 6.06. The number of H-pyrrole nitrogens is 1. The molecule has 0 saturated carbocycles. The van der Waals surface area contributed by atoms with Crippen LogP contribution in [0.2, 0.25) is 0 Å². The fourth-order valence-electron chi connectivity index (χ4n) is 1.94. The maximum Gasteiger partial charge on any atom is 0.333 e. The molecule has 0 aliphatic carbocycles. The van der Waals surface area contributed by atoms with Crippen LogP contribution in [0.15, 0.2) is 12.3 Å². The molecule has 2 aromatic heterocycles. The number of nitrogens with zero attached hydrogens (tertiary/aromatic N) is 3. The monoisotopic (exact) mass is 283 g/mol. The van der Waals surface area contributed by atoms with Crippen LogP contribution in [-0.2, 0) is 17.8 Å². The molecule has 0 radical (unpaired) electrons. The van der Waals surface area contributed by atoms with Crippen LogP contribution >= 0.6 is 0 Å². The highest BCUT2D eigenvalue weighted by Crippen LogP contribution is 2.19. The van der Waals surface area contributed by atoms with Crippen molar-refractivity contribution < 1.29 is 13.6 Å². The standard InChI is InChI=1S/C12H15F2N5O/c1-7-10(8(2)19(18-7)12(13)14)5-11(20)15-6-9-3-4-16-17-9/h3-4,12H,5-6H2,1-2H3,(H,15,20)(H,16,17). The summed E-state index contributed by atoms with van der Waals surface area (Å²) < 4.78 is 26.0. The maximum atomic E-state index is 12.7. The van der Waals surface area contributed by atoms with Gasteiger partial charge in [0.2, 0.25) is 5.91 Å². The normalized spacial score (nSPS) is 11.1. The Kier molecular flexibility index (Phi) is 4.11. The van der Waals surface area contributed by atoms with E-state index in [2.05, 4.69) is 20.6 Å². The van der Waals surface area contributed by atoms with Gasteiger partial charge in [0, 0.05) is 17.5 Å². The Morgan fingerprint density at radius 1 is 1.50 bits per heavy atom. The lowest BCUT2D eigenvalue weighted by molar-refractivity contribution is -0.120. The average Bonchev–Trinajstić information content (AvgIpc) is 2.99. The van der Waals surface area contributed by atoms with E-state index in [1.807, 2.05) is 0 Å². The number of hydrogen-bond acceptors (Lipinski definition) is 3. The van der Waals surface area contributed by atoms with Crippen LogP contribution in [0.25, 0.3) is 0 Å². The summed E-state index contributed by atoms with van der Waals surface area (Å²) in [6, 6.07) is 1.74. The van der Waals surface area contributed by atoms with E-state index in [1.165, 1.54) is 6.92 Å². The predicted octanol–water partition coefficient (Wildman–Crippen LogP) is 1.48. The molecular formula is C12H15F2N5O. The second-order valence-corrected chi connectivity index (χ2v) is 4.41. The first-order chi connectivity index (χ1) is 9.49. The SMILES string of the molecule is Cc1nn(C(F)F)c(C)c1CC(=O)NCc1ccn[nH]1. The zero-order valence-electron chi connectivity index (χ0n) is 11.2. The number of carbonyl (C=O) groups excluding carboxylic acids is 1. The lowest BCUT2D eigenvalue weighted by Crippen LogP contribution is -2.25. The number of aromatic amines is 1. The van der Waals surface area contributed by atoms with Gasteiger partial charge in [-0.1, -0.05) is 0 Å². The minimum atomic E-state index is -2.70. The summed E-state index contributed by atoms with van der Waals surface area (Å²) in [5, 5.41) is 12.9. The molecule has 20 heavy (non-hydrogen) atoms. The molecule has 0 atom stereocenters. The molecule has 0 saturated heterocycles.